The average molecular weight is 1540 g/mol. The van der Waals surface area contributed by atoms with E-state index in [9.17, 15) is 26.3 Å². The lowest BCUT2D eigenvalue weighted by atomic mass is 9.67. The Kier molecular flexibility index (Phi) is 29.5. The fourth-order valence-electron chi connectivity index (χ4n) is 14.6. The van der Waals surface area contributed by atoms with Gasteiger partial charge in [-0.05, 0) is 181 Å². The van der Waals surface area contributed by atoms with Crippen LogP contribution in [0, 0.1) is 96.9 Å². The highest BCUT2D eigenvalue weighted by Gasteiger charge is 2.72. The van der Waals surface area contributed by atoms with Crippen LogP contribution in [0.25, 0.3) is 11.1 Å². The molecule has 0 aliphatic heterocycles. The molecule has 0 spiro atoms. The Morgan fingerprint density at radius 1 is 0.209 bits per heavy atom. The molecule has 1 aliphatic rings. The molecule has 0 saturated carbocycles. The van der Waals surface area contributed by atoms with Crippen LogP contribution < -0.4 is 0 Å². The molecule has 115 heavy (non-hydrogen) atoms. The van der Waals surface area contributed by atoms with Gasteiger partial charge in [0, 0.05) is 10.8 Å². The van der Waals surface area contributed by atoms with Crippen LogP contribution in [0.5, 0.6) is 0 Å². The van der Waals surface area contributed by atoms with Gasteiger partial charge in [-0.3, -0.25) is 0 Å². The number of alkyl halides is 6. The second kappa shape index (κ2) is 38.7. The van der Waals surface area contributed by atoms with Crippen LogP contribution in [-0.2, 0) is 28.1 Å². The van der Waals surface area contributed by atoms with E-state index in [0.29, 0.717) is 11.1 Å². The highest BCUT2D eigenvalue weighted by Crippen LogP contribution is 2.58. The second-order valence-corrected chi connectivity index (χ2v) is 32.2. The van der Waals surface area contributed by atoms with Crippen molar-refractivity contribution in [3.63, 3.8) is 0 Å². The van der Waals surface area contributed by atoms with E-state index in [4.69, 9.17) is 0 Å². The predicted octanol–water partition coefficient (Wildman–Crippen LogP) is 30.1. The van der Waals surface area contributed by atoms with Crippen molar-refractivity contribution in [2.75, 3.05) is 0 Å². The zero-order valence-corrected chi connectivity index (χ0v) is 70.3. The maximum absolute atomic E-state index is 13.7. The SMILES string of the molecule is Cc1ccc(C(C)(C)c2ccc(C)cc2)cc1.Cc1ccc(C(C)(C)c2cccc(C)c2)cc1.Cc1ccc(C(c2ccc(C)cc2)(C(F)(F)F)C(F)(F)F)cc1.Cc1ccc(C)cc1.Cc1ccc(C2(c3ccc(C)cc3)c3ccccc3-c3ccccc32)cc1.Cc1ccc(Cc2ccc(C)cc2)cc1.Cc1cccc(C)c1. The maximum Gasteiger partial charge on any atom is 0.411 e. The van der Waals surface area contributed by atoms with Crippen molar-refractivity contribution >= 4 is 0 Å². The van der Waals surface area contributed by atoms with Gasteiger partial charge >= 0.3 is 12.4 Å². The summed E-state index contributed by atoms with van der Waals surface area (Å²) in [5.41, 5.74) is 27.4. The molecule has 14 aromatic rings. The molecule has 0 fully saturated rings. The Morgan fingerprint density at radius 2 is 0.435 bits per heavy atom. The summed E-state index contributed by atoms with van der Waals surface area (Å²) in [5.74, 6) is 0. The van der Waals surface area contributed by atoms with E-state index in [-0.39, 0.29) is 16.2 Å². The van der Waals surface area contributed by atoms with Crippen LogP contribution in [0.1, 0.15) is 172 Å². The summed E-state index contributed by atoms with van der Waals surface area (Å²) >= 11 is 0. The number of benzene rings is 14. The van der Waals surface area contributed by atoms with Gasteiger partial charge in [-0.25, -0.2) is 0 Å². The first-order valence-corrected chi connectivity index (χ1v) is 39.6. The molecule has 590 valence electrons. The highest BCUT2D eigenvalue weighted by atomic mass is 19.4. The topological polar surface area (TPSA) is 0 Å². The molecule has 6 heteroatoms. The Hall–Kier alpha value is -11.3. The standard InChI is InChI=1S/C27H22.C17H14F6.2C17H20.C15H16.2C8H10/c1-19-11-15-21(16-12-19)27(22-17-13-20(2)14-18-22)25-9-5-3-7-23(25)24-8-4-6-10-26(24)27;1-11-3-7-13(8-4-11)15(16(18,19)20,17(21,22)23)14-9-5-12(2)6-10-14;1-13-5-9-15(10-6-13)17(3,4)16-11-7-14(2)8-12-16;1-13-8-10-15(11-9-13)17(3,4)16-7-5-6-14(2)12-16;1-12-3-7-14(8-4-12)11-15-9-5-13(2)6-10-15;1-7-3-5-8(2)6-4-7;1-7-4-3-5-8(2)6-7/h3-18H,1-2H3;3-10H,1-2H3;2*5-12H,1-4H3;3-10H,11H2,1-2H3;2*3-6H,1-2H3. The Balaban J connectivity index is 0.000000159. The zero-order chi connectivity index (χ0) is 83.5. The molecule has 14 aromatic carbocycles. The number of aryl methyl sites for hydroxylation is 14. The number of fused-ring (bicyclic) bond motifs is 3. The summed E-state index contributed by atoms with van der Waals surface area (Å²) < 4.78 is 82.3. The first-order valence-electron chi connectivity index (χ1n) is 39.6. The Labute approximate surface area is 682 Å². The van der Waals surface area contributed by atoms with E-state index < -0.39 is 28.9 Å². The molecule has 0 aromatic heterocycles. The van der Waals surface area contributed by atoms with Crippen molar-refractivity contribution < 1.29 is 26.3 Å². The van der Waals surface area contributed by atoms with Crippen molar-refractivity contribution in [1.29, 1.82) is 0 Å². The number of rotatable bonds is 10. The highest BCUT2D eigenvalue weighted by molar-refractivity contribution is 5.86. The molecule has 0 bridgehead atoms. The zero-order valence-electron chi connectivity index (χ0n) is 70.3. The lowest BCUT2D eigenvalue weighted by molar-refractivity contribution is -0.288. The fourth-order valence-corrected chi connectivity index (χ4v) is 14.6. The monoisotopic (exact) mass is 1530 g/mol. The second-order valence-electron chi connectivity index (χ2n) is 32.2. The predicted molar refractivity (Wildman–Crippen MR) is 474 cm³/mol. The quantitative estimate of drug-likeness (QED) is 0.120. The first-order chi connectivity index (χ1) is 54.5. The smallest absolute Gasteiger partial charge is 0.169 e. The van der Waals surface area contributed by atoms with Crippen LogP contribution in [0.2, 0.25) is 0 Å². The number of hydrogen-bond acceptors (Lipinski definition) is 0. The van der Waals surface area contributed by atoms with Gasteiger partial charge in [0.1, 0.15) is 0 Å². The normalized spacial score (nSPS) is 11.9. The lowest BCUT2D eigenvalue weighted by Gasteiger charge is -2.38. The van der Waals surface area contributed by atoms with Crippen molar-refractivity contribution in [3.05, 3.63) is 484 Å². The van der Waals surface area contributed by atoms with Crippen molar-refractivity contribution in [2.24, 2.45) is 0 Å². The molecule has 0 radical (unpaired) electrons. The minimum absolute atomic E-state index is 0.0692. The number of halogens is 6. The van der Waals surface area contributed by atoms with Gasteiger partial charge in [0.15, 0.2) is 0 Å². The van der Waals surface area contributed by atoms with Gasteiger partial charge in [-0.1, -0.05) is 445 Å². The molecular formula is C109H112F6. The van der Waals surface area contributed by atoms with E-state index in [1.54, 1.807) is 13.8 Å². The van der Waals surface area contributed by atoms with Gasteiger partial charge in [0.05, 0.1) is 5.41 Å². The minimum Gasteiger partial charge on any atom is -0.169 e. The third kappa shape index (κ3) is 22.2. The molecular weight excluding hydrogens is 1420 g/mol. The Bertz CT molecular complexity index is 5070. The molecule has 0 atom stereocenters. The molecule has 15 rings (SSSR count). The van der Waals surface area contributed by atoms with E-state index in [2.05, 4.69) is 402 Å². The van der Waals surface area contributed by atoms with Crippen LogP contribution in [-0.4, -0.2) is 12.4 Å². The molecule has 1 aliphatic carbocycles. The van der Waals surface area contributed by atoms with Gasteiger partial charge < -0.3 is 0 Å². The van der Waals surface area contributed by atoms with Crippen LogP contribution >= 0.6 is 0 Å². The minimum atomic E-state index is -5.53. The molecule has 0 amide bonds. The molecule has 0 unspecified atom stereocenters. The van der Waals surface area contributed by atoms with Crippen LogP contribution in [0.4, 0.5) is 26.3 Å². The van der Waals surface area contributed by atoms with Crippen molar-refractivity contribution in [1.82, 2.24) is 0 Å². The summed E-state index contributed by atoms with van der Waals surface area (Å²) in [6.07, 6.45) is -10.0. The van der Waals surface area contributed by atoms with Crippen LogP contribution in [0.15, 0.2) is 340 Å². The van der Waals surface area contributed by atoms with Gasteiger partial charge in [-0.2, -0.15) is 26.3 Å². The lowest BCUT2D eigenvalue weighted by Crippen LogP contribution is -2.54. The molecule has 0 heterocycles. The summed E-state index contributed by atoms with van der Waals surface area (Å²) in [6.45, 7) is 37.8. The number of hydrogen-bond donors (Lipinski definition) is 0. The van der Waals surface area contributed by atoms with E-state index >= 15 is 0 Å². The summed E-state index contributed by atoms with van der Waals surface area (Å²) in [6, 6.07) is 114. The third-order valence-electron chi connectivity index (χ3n) is 21.8. The van der Waals surface area contributed by atoms with Crippen molar-refractivity contribution in [3.8, 4) is 11.1 Å². The van der Waals surface area contributed by atoms with Gasteiger partial charge in [0.2, 0.25) is 5.41 Å². The molecule has 0 saturated heterocycles. The van der Waals surface area contributed by atoms with Crippen molar-refractivity contribution in [2.45, 2.75) is 165 Å². The Morgan fingerprint density at radius 3 is 0.696 bits per heavy atom. The average Bonchev–Trinajstić information content (AvgIpc) is 1.62. The summed E-state index contributed by atoms with van der Waals surface area (Å²) in [5, 5.41) is 0. The largest absolute Gasteiger partial charge is 0.411 e. The van der Waals surface area contributed by atoms with Crippen LogP contribution in [0.3, 0.4) is 0 Å². The van der Waals surface area contributed by atoms with E-state index in [1.165, 1.54) is 158 Å². The summed E-state index contributed by atoms with van der Waals surface area (Å²) in [4.78, 5) is 0. The fraction of sp³-hybridized carbons (Fsp3) is 0.229. The maximum atomic E-state index is 13.7. The summed E-state index contributed by atoms with van der Waals surface area (Å²) in [7, 11) is 0. The van der Waals surface area contributed by atoms with E-state index in [1.807, 2.05) is 0 Å². The van der Waals surface area contributed by atoms with Gasteiger partial charge in [0.25, 0.3) is 0 Å². The molecule has 0 nitrogen and oxygen atoms in total. The van der Waals surface area contributed by atoms with E-state index in [0.717, 1.165) is 30.7 Å². The third-order valence-corrected chi connectivity index (χ3v) is 21.8. The first kappa shape index (κ1) is 87.6. The molecule has 0 N–H and O–H groups in total. The van der Waals surface area contributed by atoms with Gasteiger partial charge in [-0.15, -0.1) is 0 Å².